The molecule has 0 aliphatic carbocycles. The average Bonchev–Trinajstić information content (AvgIpc) is 2.47. The second kappa shape index (κ2) is 6.92. The molecule has 5 nitrogen and oxygen atoms in total. The molecule has 1 aromatic carbocycles. The van der Waals surface area contributed by atoms with E-state index in [0.29, 0.717) is 0 Å². The van der Waals surface area contributed by atoms with Crippen LogP contribution >= 0.6 is 0 Å². The molecule has 0 aromatic heterocycles. The SMILES string of the molecule is CCC(C)(C(NN)c1cc(OC)ccc1OC)N(C)C. The van der Waals surface area contributed by atoms with Crippen molar-refractivity contribution in [2.75, 3.05) is 28.3 Å². The van der Waals surface area contributed by atoms with Crippen LogP contribution in [-0.4, -0.2) is 38.8 Å². The zero-order chi connectivity index (χ0) is 15.3. The summed E-state index contributed by atoms with van der Waals surface area (Å²) < 4.78 is 10.8. The van der Waals surface area contributed by atoms with Crippen LogP contribution in [0, 0.1) is 0 Å². The summed E-state index contributed by atoms with van der Waals surface area (Å²) in [6.07, 6.45) is 0.940. The van der Waals surface area contributed by atoms with Crippen LogP contribution < -0.4 is 20.7 Å². The highest BCUT2D eigenvalue weighted by atomic mass is 16.5. The molecule has 20 heavy (non-hydrogen) atoms. The van der Waals surface area contributed by atoms with Crippen LogP contribution in [0.4, 0.5) is 0 Å². The van der Waals surface area contributed by atoms with Gasteiger partial charge in [0.25, 0.3) is 0 Å². The maximum Gasteiger partial charge on any atom is 0.124 e. The largest absolute Gasteiger partial charge is 0.497 e. The number of nitrogens with one attached hydrogen (secondary N) is 1. The lowest BCUT2D eigenvalue weighted by molar-refractivity contribution is 0.111. The van der Waals surface area contributed by atoms with Crippen LogP contribution in [0.5, 0.6) is 11.5 Å². The summed E-state index contributed by atoms with van der Waals surface area (Å²) in [6.45, 7) is 4.33. The van der Waals surface area contributed by atoms with Gasteiger partial charge in [-0.25, -0.2) is 0 Å². The van der Waals surface area contributed by atoms with Gasteiger partial charge in [0.1, 0.15) is 11.5 Å². The predicted molar refractivity (Wildman–Crippen MR) is 82.0 cm³/mol. The van der Waals surface area contributed by atoms with Crippen molar-refractivity contribution in [3.05, 3.63) is 23.8 Å². The molecule has 1 rings (SSSR count). The van der Waals surface area contributed by atoms with Gasteiger partial charge in [0.05, 0.1) is 20.3 Å². The van der Waals surface area contributed by atoms with Crippen molar-refractivity contribution in [2.24, 2.45) is 5.84 Å². The number of rotatable bonds is 7. The molecule has 2 unspecified atom stereocenters. The molecule has 0 aliphatic heterocycles. The topological polar surface area (TPSA) is 59.8 Å². The van der Waals surface area contributed by atoms with Gasteiger partial charge in [0, 0.05) is 11.1 Å². The highest BCUT2D eigenvalue weighted by Gasteiger charge is 2.37. The number of likely N-dealkylation sites (N-methyl/N-ethyl adjacent to an activating group) is 1. The van der Waals surface area contributed by atoms with E-state index in [0.717, 1.165) is 23.5 Å². The minimum atomic E-state index is -0.144. The first kappa shape index (κ1) is 16.8. The third-order valence-electron chi connectivity index (χ3n) is 4.27. The Morgan fingerprint density at radius 3 is 2.35 bits per heavy atom. The van der Waals surface area contributed by atoms with Crippen molar-refractivity contribution >= 4 is 0 Å². The highest BCUT2D eigenvalue weighted by Crippen LogP contribution is 2.38. The van der Waals surface area contributed by atoms with E-state index < -0.39 is 0 Å². The zero-order valence-electron chi connectivity index (χ0n) is 13.4. The van der Waals surface area contributed by atoms with E-state index in [1.165, 1.54) is 0 Å². The van der Waals surface area contributed by atoms with Crippen LogP contribution in [0.3, 0.4) is 0 Å². The lowest BCUT2D eigenvalue weighted by Crippen LogP contribution is -2.53. The van der Waals surface area contributed by atoms with Crippen LogP contribution in [-0.2, 0) is 0 Å². The summed E-state index contributed by atoms with van der Waals surface area (Å²) in [5.41, 5.74) is 3.79. The van der Waals surface area contributed by atoms with Gasteiger partial charge in [-0.15, -0.1) is 0 Å². The molecule has 114 valence electrons. The minimum absolute atomic E-state index is 0.0763. The van der Waals surface area contributed by atoms with Crippen LogP contribution in [0.1, 0.15) is 31.9 Å². The zero-order valence-corrected chi connectivity index (χ0v) is 13.4. The predicted octanol–water partition coefficient (Wildman–Crippen LogP) is 1.94. The average molecular weight is 281 g/mol. The standard InChI is InChI=1S/C15H27N3O2/c1-7-15(2,18(3)4)14(17-16)12-10-11(19-5)8-9-13(12)20-6/h8-10,14,17H,7,16H2,1-6H3. The van der Waals surface area contributed by atoms with E-state index in [-0.39, 0.29) is 11.6 Å². The monoisotopic (exact) mass is 281 g/mol. The molecule has 0 saturated carbocycles. The molecule has 0 bridgehead atoms. The Balaban J connectivity index is 3.36. The van der Waals surface area contributed by atoms with Gasteiger partial charge in [0.15, 0.2) is 0 Å². The Hall–Kier alpha value is -1.30. The van der Waals surface area contributed by atoms with E-state index in [4.69, 9.17) is 15.3 Å². The second-order valence-electron chi connectivity index (χ2n) is 5.31. The maximum absolute atomic E-state index is 5.85. The lowest BCUT2D eigenvalue weighted by Gasteiger charge is -2.42. The van der Waals surface area contributed by atoms with Gasteiger partial charge in [-0.3, -0.25) is 11.3 Å². The number of nitrogens with zero attached hydrogens (tertiary/aromatic N) is 1. The quantitative estimate of drug-likeness (QED) is 0.591. The molecule has 5 heteroatoms. The third kappa shape index (κ3) is 3.06. The summed E-state index contributed by atoms with van der Waals surface area (Å²) in [5.74, 6) is 7.44. The van der Waals surface area contributed by atoms with Gasteiger partial charge in [-0.1, -0.05) is 6.92 Å². The minimum Gasteiger partial charge on any atom is -0.497 e. The van der Waals surface area contributed by atoms with Gasteiger partial charge in [-0.2, -0.15) is 0 Å². The molecule has 1 aromatic rings. The second-order valence-corrected chi connectivity index (χ2v) is 5.31. The van der Waals surface area contributed by atoms with E-state index in [2.05, 4.69) is 38.3 Å². The normalized spacial score (nSPS) is 15.8. The van der Waals surface area contributed by atoms with Crippen LogP contribution in [0.25, 0.3) is 0 Å². The Labute approximate surface area is 122 Å². The molecule has 0 spiro atoms. The van der Waals surface area contributed by atoms with Crippen LogP contribution in [0.15, 0.2) is 18.2 Å². The summed E-state index contributed by atoms with van der Waals surface area (Å²) in [7, 11) is 7.43. The fraction of sp³-hybridized carbons (Fsp3) is 0.600. The fourth-order valence-electron chi connectivity index (χ4n) is 2.45. The first-order chi connectivity index (χ1) is 9.44. The van der Waals surface area contributed by atoms with Crippen molar-refractivity contribution in [2.45, 2.75) is 31.8 Å². The fourth-order valence-corrected chi connectivity index (χ4v) is 2.45. The molecule has 0 fully saturated rings. The third-order valence-corrected chi connectivity index (χ3v) is 4.27. The van der Waals surface area contributed by atoms with E-state index in [1.54, 1.807) is 14.2 Å². The number of hydrazine groups is 1. The summed E-state index contributed by atoms with van der Waals surface area (Å²) in [5, 5.41) is 0. The number of hydrogen-bond donors (Lipinski definition) is 2. The summed E-state index contributed by atoms with van der Waals surface area (Å²) >= 11 is 0. The Morgan fingerprint density at radius 1 is 1.30 bits per heavy atom. The van der Waals surface area contributed by atoms with Crippen molar-refractivity contribution in [3.63, 3.8) is 0 Å². The molecule has 0 radical (unpaired) electrons. The summed E-state index contributed by atoms with van der Waals surface area (Å²) in [6, 6.07) is 5.69. The molecule has 2 atom stereocenters. The van der Waals surface area contributed by atoms with Gasteiger partial charge in [-0.05, 0) is 45.6 Å². The Kier molecular flexibility index (Phi) is 5.80. The van der Waals surface area contributed by atoms with Gasteiger partial charge < -0.3 is 14.4 Å². The number of methoxy groups -OCH3 is 2. The summed E-state index contributed by atoms with van der Waals surface area (Å²) in [4.78, 5) is 2.18. The van der Waals surface area contributed by atoms with E-state index in [9.17, 15) is 0 Å². The lowest BCUT2D eigenvalue weighted by atomic mass is 9.83. The van der Waals surface area contributed by atoms with Gasteiger partial charge >= 0.3 is 0 Å². The number of ether oxygens (including phenoxy) is 2. The number of hydrogen-bond acceptors (Lipinski definition) is 5. The smallest absolute Gasteiger partial charge is 0.124 e. The highest BCUT2D eigenvalue weighted by molar-refractivity contribution is 5.43. The molecule has 0 heterocycles. The molecule has 0 saturated heterocycles. The number of benzene rings is 1. The van der Waals surface area contributed by atoms with Crippen LogP contribution in [0.2, 0.25) is 0 Å². The molecule has 3 N–H and O–H groups in total. The van der Waals surface area contributed by atoms with Crippen molar-refractivity contribution in [1.29, 1.82) is 0 Å². The number of nitrogens with two attached hydrogens (primary N) is 1. The Morgan fingerprint density at radius 2 is 1.95 bits per heavy atom. The van der Waals surface area contributed by atoms with Gasteiger partial charge in [0.2, 0.25) is 0 Å². The molecular formula is C15H27N3O2. The van der Waals surface area contributed by atoms with Crippen molar-refractivity contribution in [3.8, 4) is 11.5 Å². The molecular weight excluding hydrogens is 254 g/mol. The van der Waals surface area contributed by atoms with E-state index in [1.807, 2.05) is 18.2 Å². The molecule has 0 aliphatic rings. The molecule has 0 amide bonds. The van der Waals surface area contributed by atoms with E-state index >= 15 is 0 Å². The van der Waals surface area contributed by atoms with Crippen molar-refractivity contribution < 1.29 is 9.47 Å². The first-order valence-corrected chi connectivity index (χ1v) is 6.80. The van der Waals surface area contributed by atoms with Crippen molar-refractivity contribution in [1.82, 2.24) is 10.3 Å². The maximum atomic E-state index is 5.85. The first-order valence-electron chi connectivity index (χ1n) is 6.80. The Bertz CT molecular complexity index is 437.